The van der Waals surface area contributed by atoms with Gasteiger partial charge >= 0.3 is 0 Å². The summed E-state index contributed by atoms with van der Waals surface area (Å²) >= 11 is 13.0. The average Bonchev–Trinajstić information content (AvgIpc) is 1.85. The molecule has 0 spiro atoms. The highest BCUT2D eigenvalue weighted by molar-refractivity contribution is 14.1. The van der Waals surface area contributed by atoms with Gasteiger partial charge in [0.1, 0.15) is 0 Å². The summed E-state index contributed by atoms with van der Waals surface area (Å²) in [6.07, 6.45) is 0. The van der Waals surface area contributed by atoms with E-state index in [2.05, 4.69) is 0 Å². The second kappa shape index (κ2) is 3.74. The van der Waals surface area contributed by atoms with Crippen LogP contribution in [0.5, 0.6) is 0 Å². The van der Waals surface area contributed by atoms with Gasteiger partial charge in [-0.05, 0) is 18.2 Å². The number of rotatable bonds is 1. The van der Waals surface area contributed by atoms with Crippen LogP contribution in [0.2, 0.25) is 10.0 Å². The second-order valence-electron chi connectivity index (χ2n) is 1.93. The zero-order chi connectivity index (χ0) is 8.43. The lowest BCUT2D eigenvalue weighted by molar-refractivity contribution is 0.110. The standard InChI is InChI=1S/C7H3Cl2IO/c8-5-1-4(7(10)11)2-6(9)3-5/h1-3H. The van der Waals surface area contributed by atoms with Gasteiger partial charge < -0.3 is 0 Å². The van der Waals surface area contributed by atoms with Crippen LogP contribution in [-0.2, 0) is 0 Å². The lowest BCUT2D eigenvalue weighted by atomic mass is 10.2. The summed E-state index contributed by atoms with van der Waals surface area (Å²) in [4.78, 5) is 10.8. The molecule has 0 heterocycles. The molecule has 4 heteroatoms. The number of hydrogen-bond donors (Lipinski definition) is 0. The molecule has 58 valence electrons. The molecule has 0 bridgehead atoms. The van der Waals surface area contributed by atoms with Gasteiger partial charge in [-0.2, -0.15) is 0 Å². The summed E-state index contributed by atoms with van der Waals surface area (Å²) in [5.41, 5.74) is 0.531. The van der Waals surface area contributed by atoms with E-state index >= 15 is 0 Å². The fourth-order valence-electron chi connectivity index (χ4n) is 0.667. The number of carbonyl (C=O) groups is 1. The number of benzene rings is 1. The van der Waals surface area contributed by atoms with Gasteiger partial charge in [0.05, 0.1) is 0 Å². The largest absolute Gasteiger partial charge is 0.282 e. The maximum atomic E-state index is 10.8. The lowest BCUT2D eigenvalue weighted by Gasteiger charge is -1.95. The van der Waals surface area contributed by atoms with Crippen molar-refractivity contribution in [3.63, 3.8) is 0 Å². The molecule has 0 saturated carbocycles. The van der Waals surface area contributed by atoms with E-state index in [-0.39, 0.29) is 3.79 Å². The molecule has 0 radical (unpaired) electrons. The summed E-state index contributed by atoms with van der Waals surface area (Å²) in [5.74, 6) is 0. The van der Waals surface area contributed by atoms with Crippen LogP contribution < -0.4 is 0 Å². The molecule has 11 heavy (non-hydrogen) atoms. The van der Waals surface area contributed by atoms with Crippen molar-refractivity contribution in [2.24, 2.45) is 0 Å². The Kier molecular flexibility index (Phi) is 3.16. The number of hydrogen-bond acceptors (Lipinski definition) is 1. The van der Waals surface area contributed by atoms with Crippen molar-refractivity contribution in [2.75, 3.05) is 0 Å². The minimum absolute atomic E-state index is 0.0630. The molecule has 0 aliphatic carbocycles. The highest BCUT2D eigenvalue weighted by Crippen LogP contribution is 2.20. The summed E-state index contributed by atoms with van der Waals surface area (Å²) < 4.78 is -0.0630. The van der Waals surface area contributed by atoms with Crippen LogP contribution in [0.3, 0.4) is 0 Å². The van der Waals surface area contributed by atoms with Crippen molar-refractivity contribution in [3.8, 4) is 0 Å². The molecule has 0 fully saturated rings. The van der Waals surface area contributed by atoms with Gasteiger partial charge in [-0.25, -0.2) is 0 Å². The molecular formula is C7H3Cl2IO. The molecule has 0 unspecified atom stereocenters. The third kappa shape index (κ3) is 2.61. The molecule has 0 aliphatic rings. The maximum absolute atomic E-state index is 10.8. The van der Waals surface area contributed by atoms with E-state index in [9.17, 15) is 4.79 Å². The number of halogens is 3. The van der Waals surface area contributed by atoms with Gasteiger partial charge in [0.15, 0.2) is 0 Å². The Hall–Kier alpha value is 0.200. The molecule has 0 atom stereocenters. The molecule has 0 aliphatic heterocycles. The molecule has 0 aromatic heterocycles. The normalized spacial score (nSPS) is 9.73. The van der Waals surface area contributed by atoms with E-state index < -0.39 is 0 Å². The molecule has 0 saturated heterocycles. The Morgan fingerprint density at radius 2 is 1.64 bits per heavy atom. The van der Waals surface area contributed by atoms with Gasteiger partial charge in [0.2, 0.25) is 3.79 Å². The topological polar surface area (TPSA) is 17.1 Å². The zero-order valence-electron chi connectivity index (χ0n) is 5.27. The third-order valence-electron chi connectivity index (χ3n) is 1.09. The minimum atomic E-state index is -0.0630. The van der Waals surface area contributed by atoms with E-state index in [1.807, 2.05) is 0 Å². The van der Waals surface area contributed by atoms with Gasteiger partial charge in [-0.1, -0.05) is 23.2 Å². The first-order valence-corrected chi connectivity index (χ1v) is 4.59. The van der Waals surface area contributed by atoms with Crippen LogP contribution in [0.1, 0.15) is 10.4 Å². The van der Waals surface area contributed by atoms with Gasteiger partial charge in [-0.3, -0.25) is 4.79 Å². The molecule has 1 rings (SSSR count). The quantitative estimate of drug-likeness (QED) is 0.572. The molecule has 1 nitrogen and oxygen atoms in total. The highest BCUT2D eigenvalue weighted by atomic mass is 127. The zero-order valence-corrected chi connectivity index (χ0v) is 8.94. The van der Waals surface area contributed by atoms with Crippen LogP contribution in [-0.4, -0.2) is 3.79 Å². The van der Waals surface area contributed by atoms with E-state index in [1.54, 1.807) is 40.8 Å². The number of carbonyl (C=O) groups excluding carboxylic acids is 1. The van der Waals surface area contributed by atoms with E-state index in [4.69, 9.17) is 23.2 Å². The Balaban J connectivity index is 3.19. The van der Waals surface area contributed by atoms with Crippen LogP contribution in [0.25, 0.3) is 0 Å². The van der Waals surface area contributed by atoms with Crippen LogP contribution in [0, 0.1) is 0 Å². The summed E-state index contributed by atoms with van der Waals surface area (Å²) in [6.45, 7) is 0. The van der Waals surface area contributed by atoms with Crippen LogP contribution >= 0.6 is 45.8 Å². The van der Waals surface area contributed by atoms with E-state index in [0.717, 1.165) is 0 Å². The summed E-state index contributed by atoms with van der Waals surface area (Å²) in [5, 5.41) is 0.968. The first kappa shape index (κ1) is 9.29. The Morgan fingerprint density at radius 3 is 2.00 bits per heavy atom. The van der Waals surface area contributed by atoms with Crippen LogP contribution in [0.15, 0.2) is 18.2 Å². The Morgan fingerprint density at radius 1 is 1.18 bits per heavy atom. The Labute approximate surface area is 87.8 Å². The average molecular weight is 301 g/mol. The second-order valence-corrected chi connectivity index (χ2v) is 3.78. The monoisotopic (exact) mass is 300 g/mol. The molecule has 1 aromatic carbocycles. The minimum Gasteiger partial charge on any atom is -0.282 e. The molecular weight excluding hydrogens is 298 g/mol. The molecule has 0 amide bonds. The van der Waals surface area contributed by atoms with Crippen molar-refractivity contribution < 1.29 is 4.79 Å². The van der Waals surface area contributed by atoms with Gasteiger partial charge in [0.25, 0.3) is 0 Å². The van der Waals surface area contributed by atoms with Gasteiger partial charge in [-0.15, -0.1) is 0 Å². The van der Waals surface area contributed by atoms with E-state index in [1.165, 1.54) is 0 Å². The van der Waals surface area contributed by atoms with Crippen molar-refractivity contribution in [2.45, 2.75) is 0 Å². The summed E-state index contributed by atoms with van der Waals surface area (Å²) in [6, 6.07) is 4.76. The molecule has 1 aromatic rings. The van der Waals surface area contributed by atoms with Crippen molar-refractivity contribution >= 4 is 49.6 Å². The fraction of sp³-hybridized carbons (Fsp3) is 0. The predicted molar refractivity (Wildman–Crippen MR) is 54.8 cm³/mol. The van der Waals surface area contributed by atoms with Crippen molar-refractivity contribution in [3.05, 3.63) is 33.8 Å². The van der Waals surface area contributed by atoms with Gasteiger partial charge in [0, 0.05) is 38.2 Å². The fourth-order valence-corrected chi connectivity index (χ4v) is 1.50. The first-order valence-electron chi connectivity index (χ1n) is 2.75. The SMILES string of the molecule is O=C(I)c1cc(Cl)cc(Cl)c1. The van der Waals surface area contributed by atoms with Crippen molar-refractivity contribution in [1.29, 1.82) is 0 Å². The highest BCUT2D eigenvalue weighted by Gasteiger charge is 2.02. The predicted octanol–water partition coefficient (Wildman–Crippen LogP) is 3.57. The summed E-state index contributed by atoms with van der Waals surface area (Å²) in [7, 11) is 0. The maximum Gasteiger partial charge on any atom is 0.222 e. The Bertz CT molecular complexity index is 278. The smallest absolute Gasteiger partial charge is 0.222 e. The van der Waals surface area contributed by atoms with Crippen LogP contribution in [0.4, 0.5) is 0 Å². The van der Waals surface area contributed by atoms with Crippen molar-refractivity contribution in [1.82, 2.24) is 0 Å². The third-order valence-corrected chi connectivity index (χ3v) is 2.15. The van der Waals surface area contributed by atoms with E-state index in [0.29, 0.717) is 15.6 Å². The molecule has 0 N–H and O–H groups in total. The first-order chi connectivity index (χ1) is 5.09. The lowest BCUT2D eigenvalue weighted by Crippen LogP contribution is -1.86.